The first kappa shape index (κ1) is 21.7. The minimum Gasteiger partial charge on any atom is -0.457 e. The van der Waals surface area contributed by atoms with Gasteiger partial charge < -0.3 is 19.6 Å². The van der Waals surface area contributed by atoms with Gasteiger partial charge in [-0.3, -0.25) is 9.78 Å². The summed E-state index contributed by atoms with van der Waals surface area (Å²) in [5.41, 5.74) is 2.97. The Morgan fingerprint density at radius 2 is 1.97 bits per heavy atom. The van der Waals surface area contributed by atoms with Crippen molar-refractivity contribution >= 4 is 38.3 Å². The lowest BCUT2D eigenvalue weighted by Crippen LogP contribution is -2.45. The molecule has 7 nitrogen and oxygen atoms in total. The van der Waals surface area contributed by atoms with E-state index < -0.39 is 6.10 Å². The van der Waals surface area contributed by atoms with Crippen LogP contribution in [0, 0.1) is 12.3 Å². The fraction of sp³-hybridized carbons (Fsp3) is 0.423. The van der Waals surface area contributed by atoms with Gasteiger partial charge in [0.25, 0.3) is 0 Å². The van der Waals surface area contributed by atoms with E-state index in [1.807, 2.05) is 30.2 Å². The van der Waals surface area contributed by atoms with Crippen LogP contribution in [0.25, 0.3) is 10.1 Å². The molecule has 3 aliphatic rings. The van der Waals surface area contributed by atoms with Crippen molar-refractivity contribution < 1.29 is 19.4 Å². The summed E-state index contributed by atoms with van der Waals surface area (Å²) in [6.07, 6.45) is 5.51. The van der Waals surface area contributed by atoms with Gasteiger partial charge in [0.1, 0.15) is 6.61 Å². The molecular formula is C26H27N3O4S. The summed E-state index contributed by atoms with van der Waals surface area (Å²) < 4.78 is 6.29. The molecule has 2 fully saturated rings. The Morgan fingerprint density at radius 1 is 1.18 bits per heavy atom. The van der Waals surface area contributed by atoms with E-state index in [2.05, 4.69) is 16.0 Å². The van der Waals surface area contributed by atoms with Crippen LogP contribution in [0.4, 0.5) is 5.00 Å². The molecule has 0 aliphatic carbocycles. The number of anilines is 1. The molecule has 1 aromatic carbocycles. The molecule has 1 spiro atoms. The molecule has 8 heteroatoms. The van der Waals surface area contributed by atoms with Gasteiger partial charge >= 0.3 is 5.97 Å². The summed E-state index contributed by atoms with van der Waals surface area (Å²) in [5.74, 6) is -0.0468. The predicted octanol–water partition coefficient (Wildman–Crippen LogP) is 3.83. The Kier molecular flexibility index (Phi) is 5.20. The number of aliphatic hydroxyl groups excluding tert-OH is 1. The summed E-state index contributed by atoms with van der Waals surface area (Å²) in [4.78, 5) is 33.7. The SMILES string of the molecule is Cc1c([C@@H](O)CN2CCC3(CC2)CCN(c2cc4cnccc4s2)C3=O)ccc2c1COC2=O. The van der Waals surface area contributed by atoms with E-state index in [9.17, 15) is 14.7 Å². The second kappa shape index (κ2) is 8.15. The summed E-state index contributed by atoms with van der Waals surface area (Å²) in [6.45, 7) is 5.09. The number of carbonyl (C=O) groups excluding carboxylic acids is 2. The van der Waals surface area contributed by atoms with Gasteiger partial charge in [-0.1, -0.05) is 6.07 Å². The molecule has 1 N–H and O–H groups in total. The largest absolute Gasteiger partial charge is 0.457 e. The molecule has 3 aromatic rings. The van der Waals surface area contributed by atoms with Crippen LogP contribution in [0.15, 0.2) is 36.7 Å². The van der Waals surface area contributed by atoms with E-state index in [4.69, 9.17) is 4.74 Å². The highest BCUT2D eigenvalue weighted by atomic mass is 32.1. The number of aliphatic hydroxyl groups is 1. The number of thiophene rings is 1. The van der Waals surface area contributed by atoms with Crippen LogP contribution >= 0.6 is 11.3 Å². The average Bonchev–Trinajstić information content (AvgIpc) is 3.52. The van der Waals surface area contributed by atoms with E-state index in [1.165, 1.54) is 0 Å². The van der Waals surface area contributed by atoms with Gasteiger partial charge in [0.05, 0.1) is 22.1 Å². The Labute approximate surface area is 202 Å². The number of piperidine rings is 1. The summed E-state index contributed by atoms with van der Waals surface area (Å²) in [6, 6.07) is 7.68. The number of likely N-dealkylation sites (tertiary alicyclic amines) is 1. The second-order valence-electron chi connectivity index (χ2n) is 9.68. The third-order valence-electron chi connectivity index (χ3n) is 7.89. The van der Waals surface area contributed by atoms with E-state index in [-0.39, 0.29) is 23.9 Å². The minimum absolute atomic E-state index is 0.242. The molecule has 176 valence electrons. The molecule has 1 atom stereocenters. The minimum atomic E-state index is -0.641. The third-order valence-corrected chi connectivity index (χ3v) is 9.03. The molecule has 34 heavy (non-hydrogen) atoms. The van der Waals surface area contributed by atoms with Crippen LogP contribution in [-0.4, -0.2) is 53.0 Å². The Bertz CT molecular complexity index is 1260. The number of esters is 1. The lowest BCUT2D eigenvalue weighted by Gasteiger charge is -2.38. The smallest absolute Gasteiger partial charge is 0.338 e. The monoisotopic (exact) mass is 477 g/mol. The number of ether oxygens (including phenoxy) is 1. The van der Waals surface area contributed by atoms with Crippen LogP contribution in [0.3, 0.4) is 0 Å². The summed E-state index contributed by atoms with van der Waals surface area (Å²) >= 11 is 1.65. The number of aromatic nitrogens is 1. The highest BCUT2D eigenvalue weighted by molar-refractivity contribution is 7.23. The molecular weight excluding hydrogens is 450 g/mol. The van der Waals surface area contributed by atoms with Crippen LogP contribution < -0.4 is 4.90 Å². The van der Waals surface area contributed by atoms with Gasteiger partial charge in [0, 0.05) is 41.1 Å². The van der Waals surface area contributed by atoms with Crippen LogP contribution in [-0.2, 0) is 16.1 Å². The second-order valence-corrected chi connectivity index (χ2v) is 10.7. The molecule has 2 saturated heterocycles. The molecule has 0 radical (unpaired) electrons. The van der Waals surface area contributed by atoms with Gasteiger partial charge in [-0.05, 0) is 68.6 Å². The maximum atomic E-state index is 13.5. The number of β-amino-alcohol motifs (C(OH)–C–C–N with tert-alkyl or cyclic N) is 1. The fourth-order valence-electron chi connectivity index (χ4n) is 5.73. The van der Waals surface area contributed by atoms with Crippen molar-refractivity contribution in [3.05, 3.63) is 58.9 Å². The van der Waals surface area contributed by atoms with Crippen LogP contribution in [0.2, 0.25) is 0 Å². The maximum Gasteiger partial charge on any atom is 0.338 e. The normalized spacial score (nSPS) is 20.8. The van der Waals surface area contributed by atoms with Crippen molar-refractivity contribution in [2.75, 3.05) is 31.1 Å². The van der Waals surface area contributed by atoms with Crippen molar-refractivity contribution in [1.29, 1.82) is 0 Å². The number of hydrogen-bond donors (Lipinski definition) is 1. The van der Waals surface area contributed by atoms with E-state index >= 15 is 0 Å². The number of cyclic esters (lactones) is 1. The van der Waals surface area contributed by atoms with Crippen LogP contribution in [0.1, 0.15) is 52.4 Å². The Balaban J connectivity index is 1.11. The van der Waals surface area contributed by atoms with Crippen LogP contribution in [0.5, 0.6) is 0 Å². The number of benzene rings is 1. The molecule has 6 rings (SSSR count). The van der Waals surface area contributed by atoms with E-state index in [0.29, 0.717) is 12.1 Å². The molecule has 0 unspecified atom stereocenters. The first-order chi connectivity index (χ1) is 16.4. The lowest BCUT2D eigenvalue weighted by atomic mass is 9.77. The predicted molar refractivity (Wildman–Crippen MR) is 130 cm³/mol. The standard InChI is InChI=1S/C26H27N3O4S/c1-16-18(2-3-19-20(16)15-33-24(19)31)21(30)14-28-9-5-26(6-10-28)7-11-29(25(26)32)23-12-17-13-27-8-4-22(17)34-23/h2-4,8,12-13,21,30H,5-7,9-11,14-15H2,1H3/t21-/m0/s1. The molecule has 2 aromatic heterocycles. The van der Waals surface area contributed by atoms with Crippen molar-refractivity contribution in [2.45, 2.75) is 38.9 Å². The zero-order valence-corrected chi connectivity index (χ0v) is 19.9. The summed E-state index contributed by atoms with van der Waals surface area (Å²) in [5, 5.41) is 13.1. The van der Waals surface area contributed by atoms with Gasteiger partial charge in [-0.25, -0.2) is 4.79 Å². The number of rotatable bonds is 4. The number of fused-ring (bicyclic) bond motifs is 2. The molecule has 0 bridgehead atoms. The van der Waals surface area contributed by atoms with Crippen molar-refractivity contribution in [2.24, 2.45) is 5.41 Å². The number of hydrogen-bond acceptors (Lipinski definition) is 7. The number of carbonyl (C=O) groups is 2. The lowest BCUT2D eigenvalue weighted by molar-refractivity contribution is -0.128. The Hall–Kier alpha value is -2.81. The zero-order chi connectivity index (χ0) is 23.4. The molecule has 5 heterocycles. The first-order valence-electron chi connectivity index (χ1n) is 11.8. The van der Waals surface area contributed by atoms with Crippen molar-refractivity contribution in [3.8, 4) is 0 Å². The average molecular weight is 478 g/mol. The van der Waals surface area contributed by atoms with Gasteiger partial charge in [0.15, 0.2) is 0 Å². The Morgan fingerprint density at radius 3 is 2.76 bits per heavy atom. The maximum absolute atomic E-state index is 13.5. The zero-order valence-electron chi connectivity index (χ0n) is 19.1. The van der Waals surface area contributed by atoms with Gasteiger partial charge in [-0.2, -0.15) is 0 Å². The topological polar surface area (TPSA) is 83.0 Å². The number of pyridine rings is 1. The molecule has 1 amide bonds. The van der Waals surface area contributed by atoms with E-state index in [0.717, 1.165) is 70.7 Å². The van der Waals surface area contributed by atoms with Gasteiger partial charge in [-0.15, -0.1) is 11.3 Å². The van der Waals surface area contributed by atoms with E-state index in [1.54, 1.807) is 23.6 Å². The molecule has 3 aliphatic heterocycles. The quantitative estimate of drug-likeness (QED) is 0.575. The highest BCUT2D eigenvalue weighted by Gasteiger charge is 2.49. The third kappa shape index (κ3) is 3.43. The highest BCUT2D eigenvalue weighted by Crippen LogP contribution is 2.45. The van der Waals surface area contributed by atoms with Gasteiger partial charge in [0.2, 0.25) is 5.91 Å². The first-order valence-corrected chi connectivity index (χ1v) is 12.6. The number of amides is 1. The summed E-state index contributed by atoms with van der Waals surface area (Å²) in [7, 11) is 0. The number of nitrogens with zero attached hydrogens (tertiary/aromatic N) is 3. The van der Waals surface area contributed by atoms with Crippen molar-refractivity contribution in [3.63, 3.8) is 0 Å². The van der Waals surface area contributed by atoms with Crippen molar-refractivity contribution in [1.82, 2.24) is 9.88 Å². The molecule has 0 saturated carbocycles. The fourth-order valence-corrected chi connectivity index (χ4v) is 6.79.